The van der Waals surface area contributed by atoms with Crippen LogP contribution >= 0.6 is 0 Å². The second-order valence-electron chi connectivity index (χ2n) is 6.31. The van der Waals surface area contributed by atoms with Crippen LogP contribution in [0, 0.1) is 27.7 Å². The number of hydrogen-bond acceptors (Lipinski definition) is 1. The molecule has 0 aliphatic carbocycles. The van der Waals surface area contributed by atoms with Gasteiger partial charge in [-0.15, -0.1) is 0 Å². The molecule has 0 bridgehead atoms. The first-order valence-electron chi connectivity index (χ1n) is 7.79. The minimum absolute atomic E-state index is 0.346. The highest BCUT2D eigenvalue weighted by Crippen LogP contribution is 2.24. The molecular weight excluding hydrogens is 254 g/mol. The number of hydrogen-bond donors (Lipinski definition) is 1. The Morgan fingerprint density at radius 1 is 0.714 bits per heavy atom. The fourth-order valence-corrected chi connectivity index (χ4v) is 2.82. The highest BCUT2D eigenvalue weighted by molar-refractivity contribution is 5.34. The molecule has 0 radical (unpaired) electrons. The molecule has 2 aromatic rings. The van der Waals surface area contributed by atoms with Crippen LogP contribution in [-0.4, -0.2) is 0 Å². The lowest BCUT2D eigenvalue weighted by Gasteiger charge is -2.23. The van der Waals surface area contributed by atoms with Crippen LogP contribution < -0.4 is 5.32 Å². The smallest absolute Gasteiger partial charge is 0.0300 e. The van der Waals surface area contributed by atoms with Gasteiger partial charge < -0.3 is 5.32 Å². The Morgan fingerprint density at radius 3 is 2.05 bits per heavy atom. The van der Waals surface area contributed by atoms with Crippen molar-refractivity contribution in [1.82, 2.24) is 5.32 Å². The number of nitrogens with one attached hydrogen (secondary N) is 1. The zero-order chi connectivity index (χ0) is 15.6. The normalized spacial score (nSPS) is 14.0. The molecule has 0 fully saturated rings. The summed E-state index contributed by atoms with van der Waals surface area (Å²) < 4.78 is 0. The highest BCUT2D eigenvalue weighted by Gasteiger charge is 2.13. The van der Waals surface area contributed by atoms with E-state index in [4.69, 9.17) is 0 Å². The molecule has 2 aromatic carbocycles. The number of rotatable bonds is 4. The Labute approximate surface area is 129 Å². The molecule has 1 nitrogen and oxygen atoms in total. The molecule has 0 amide bonds. The first kappa shape index (κ1) is 15.8. The molecule has 0 saturated heterocycles. The summed E-state index contributed by atoms with van der Waals surface area (Å²) in [6.07, 6.45) is 0. The molecule has 2 unspecified atom stereocenters. The maximum Gasteiger partial charge on any atom is 0.0300 e. The fraction of sp³-hybridized carbons (Fsp3) is 0.400. The van der Waals surface area contributed by atoms with Gasteiger partial charge in [0, 0.05) is 12.1 Å². The van der Waals surface area contributed by atoms with E-state index in [1.54, 1.807) is 0 Å². The Morgan fingerprint density at radius 2 is 1.38 bits per heavy atom. The van der Waals surface area contributed by atoms with E-state index >= 15 is 0 Å². The largest absolute Gasteiger partial charge is 0.304 e. The molecule has 1 N–H and O–H groups in total. The summed E-state index contributed by atoms with van der Waals surface area (Å²) in [7, 11) is 0. The van der Waals surface area contributed by atoms with Gasteiger partial charge in [-0.25, -0.2) is 0 Å². The second-order valence-corrected chi connectivity index (χ2v) is 6.31. The van der Waals surface area contributed by atoms with Gasteiger partial charge in [0.05, 0.1) is 0 Å². The molecule has 0 aliphatic rings. The zero-order valence-electron chi connectivity index (χ0n) is 14.1. The standard InChI is InChI=1S/C20H27N/c1-13-7-8-15(3)20(11-13)18(6)21-17(5)19-10-9-14(2)16(4)12-19/h7-12,17-18,21H,1-6H3. The van der Waals surface area contributed by atoms with Gasteiger partial charge in [-0.3, -0.25) is 0 Å². The average molecular weight is 281 g/mol. The molecule has 0 heterocycles. The van der Waals surface area contributed by atoms with Crippen molar-refractivity contribution < 1.29 is 0 Å². The monoisotopic (exact) mass is 281 g/mol. The Balaban J connectivity index is 2.16. The van der Waals surface area contributed by atoms with E-state index in [0.29, 0.717) is 12.1 Å². The Bertz CT molecular complexity index is 628. The van der Waals surface area contributed by atoms with Crippen molar-refractivity contribution in [2.75, 3.05) is 0 Å². The Hall–Kier alpha value is -1.60. The van der Waals surface area contributed by atoms with Crippen molar-refractivity contribution in [3.05, 3.63) is 69.8 Å². The lowest BCUT2D eigenvalue weighted by Crippen LogP contribution is -2.23. The first-order valence-corrected chi connectivity index (χ1v) is 7.79. The number of benzene rings is 2. The van der Waals surface area contributed by atoms with E-state index in [1.165, 1.54) is 33.4 Å². The zero-order valence-corrected chi connectivity index (χ0v) is 14.1. The van der Waals surface area contributed by atoms with Gasteiger partial charge in [-0.1, -0.05) is 42.0 Å². The predicted octanol–water partition coefficient (Wildman–Crippen LogP) is 5.33. The van der Waals surface area contributed by atoms with Crippen LogP contribution in [0.15, 0.2) is 36.4 Å². The summed E-state index contributed by atoms with van der Waals surface area (Å²) in [6.45, 7) is 13.2. The molecule has 1 heteroatoms. The summed E-state index contributed by atoms with van der Waals surface area (Å²) in [5.74, 6) is 0. The van der Waals surface area contributed by atoms with Crippen LogP contribution in [0.3, 0.4) is 0 Å². The molecule has 2 rings (SSSR count). The van der Waals surface area contributed by atoms with Crippen molar-refractivity contribution in [2.24, 2.45) is 0 Å². The quantitative estimate of drug-likeness (QED) is 0.798. The van der Waals surface area contributed by atoms with Gasteiger partial charge in [-0.2, -0.15) is 0 Å². The van der Waals surface area contributed by atoms with Gasteiger partial charge in [0.15, 0.2) is 0 Å². The van der Waals surface area contributed by atoms with E-state index in [1.807, 2.05) is 0 Å². The van der Waals surface area contributed by atoms with E-state index in [2.05, 4.69) is 83.3 Å². The molecule has 0 aromatic heterocycles. The van der Waals surface area contributed by atoms with Crippen LogP contribution in [0.25, 0.3) is 0 Å². The third-order valence-corrected chi connectivity index (χ3v) is 4.43. The Kier molecular flexibility index (Phi) is 4.84. The van der Waals surface area contributed by atoms with Crippen molar-refractivity contribution in [1.29, 1.82) is 0 Å². The van der Waals surface area contributed by atoms with Crippen molar-refractivity contribution in [3.8, 4) is 0 Å². The van der Waals surface area contributed by atoms with Crippen LogP contribution in [-0.2, 0) is 0 Å². The third-order valence-electron chi connectivity index (χ3n) is 4.43. The third kappa shape index (κ3) is 3.74. The lowest BCUT2D eigenvalue weighted by molar-refractivity contribution is 0.493. The van der Waals surface area contributed by atoms with Crippen LogP contribution in [0.2, 0.25) is 0 Å². The van der Waals surface area contributed by atoms with Crippen LogP contribution in [0.4, 0.5) is 0 Å². The summed E-state index contributed by atoms with van der Waals surface area (Å²) in [5.41, 5.74) is 8.14. The fourth-order valence-electron chi connectivity index (χ4n) is 2.82. The maximum absolute atomic E-state index is 3.73. The highest BCUT2D eigenvalue weighted by atomic mass is 14.9. The van der Waals surface area contributed by atoms with Gasteiger partial charge in [0.2, 0.25) is 0 Å². The van der Waals surface area contributed by atoms with Gasteiger partial charge >= 0.3 is 0 Å². The minimum atomic E-state index is 0.346. The van der Waals surface area contributed by atoms with Crippen LogP contribution in [0.1, 0.15) is 59.3 Å². The van der Waals surface area contributed by atoms with E-state index in [-0.39, 0.29) is 0 Å². The van der Waals surface area contributed by atoms with E-state index in [0.717, 1.165) is 0 Å². The molecule has 112 valence electrons. The molecule has 0 saturated carbocycles. The minimum Gasteiger partial charge on any atom is -0.304 e. The van der Waals surface area contributed by atoms with E-state index in [9.17, 15) is 0 Å². The summed E-state index contributed by atoms with van der Waals surface area (Å²) >= 11 is 0. The predicted molar refractivity (Wildman–Crippen MR) is 91.8 cm³/mol. The molecule has 21 heavy (non-hydrogen) atoms. The number of aryl methyl sites for hydroxylation is 4. The summed E-state index contributed by atoms with van der Waals surface area (Å²) in [5, 5.41) is 3.73. The average Bonchev–Trinajstić information content (AvgIpc) is 2.44. The van der Waals surface area contributed by atoms with Crippen molar-refractivity contribution >= 4 is 0 Å². The topological polar surface area (TPSA) is 12.0 Å². The lowest BCUT2D eigenvalue weighted by atomic mass is 9.97. The second kappa shape index (κ2) is 6.44. The van der Waals surface area contributed by atoms with Gasteiger partial charge in [0.25, 0.3) is 0 Å². The molecule has 0 spiro atoms. The maximum atomic E-state index is 3.73. The SMILES string of the molecule is Cc1ccc(C)c(C(C)NC(C)c2ccc(C)c(C)c2)c1. The summed E-state index contributed by atoms with van der Waals surface area (Å²) in [6, 6.07) is 14.1. The summed E-state index contributed by atoms with van der Waals surface area (Å²) in [4.78, 5) is 0. The first-order chi connectivity index (χ1) is 9.88. The molecule has 0 aliphatic heterocycles. The van der Waals surface area contributed by atoms with E-state index < -0.39 is 0 Å². The van der Waals surface area contributed by atoms with Crippen molar-refractivity contribution in [3.63, 3.8) is 0 Å². The van der Waals surface area contributed by atoms with Crippen LogP contribution in [0.5, 0.6) is 0 Å². The van der Waals surface area contributed by atoms with Gasteiger partial charge in [-0.05, 0) is 69.4 Å². The van der Waals surface area contributed by atoms with Gasteiger partial charge in [0.1, 0.15) is 0 Å². The molecular formula is C20H27N. The molecule has 2 atom stereocenters. The van der Waals surface area contributed by atoms with Crippen molar-refractivity contribution in [2.45, 2.75) is 53.6 Å².